The van der Waals surface area contributed by atoms with Crippen molar-refractivity contribution >= 4 is 5.69 Å². The molecule has 17 heavy (non-hydrogen) atoms. The SMILES string of the molecule is Cc1cc(N)cnc1C(O)C(O)CCN=[N+]=[N-]. The fourth-order valence-electron chi connectivity index (χ4n) is 1.49. The summed E-state index contributed by atoms with van der Waals surface area (Å²) in [5.74, 6) is 0. The molecule has 2 unspecified atom stereocenters. The summed E-state index contributed by atoms with van der Waals surface area (Å²) in [4.78, 5) is 6.56. The molecule has 7 heteroatoms. The zero-order valence-electron chi connectivity index (χ0n) is 9.48. The highest BCUT2D eigenvalue weighted by Crippen LogP contribution is 2.21. The highest BCUT2D eigenvalue weighted by Gasteiger charge is 2.20. The summed E-state index contributed by atoms with van der Waals surface area (Å²) in [5, 5.41) is 22.9. The van der Waals surface area contributed by atoms with E-state index < -0.39 is 12.2 Å². The molecule has 7 nitrogen and oxygen atoms in total. The van der Waals surface area contributed by atoms with Gasteiger partial charge in [0.05, 0.1) is 23.7 Å². The highest BCUT2D eigenvalue weighted by atomic mass is 16.3. The molecule has 0 saturated carbocycles. The Morgan fingerprint density at radius 2 is 2.29 bits per heavy atom. The minimum absolute atomic E-state index is 0.128. The largest absolute Gasteiger partial charge is 0.397 e. The summed E-state index contributed by atoms with van der Waals surface area (Å²) in [7, 11) is 0. The van der Waals surface area contributed by atoms with E-state index in [1.54, 1.807) is 13.0 Å². The lowest BCUT2D eigenvalue weighted by Gasteiger charge is -2.18. The van der Waals surface area contributed by atoms with Gasteiger partial charge in [0.1, 0.15) is 6.10 Å². The normalized spacial score (nSPS) is 13.8. The van der Waals surface area contributed by atoms with Gasteiger partial charge in [-0.05, 0) is 30.5 Å². The Balaban J connectivity index is 2.73. The number of anilines is 1. The molecule has 4 N–H and O–H groups in total. The fourth-order valence-corrected chi connectivity index (χ4v) is 1.49. The maximum atomic E-state index is 9.87. The average molecular weight is 237 g/mol. The van der Waals surface area contributed by atoms with Gasteiger partial charge in [-0.2, -0.15) is 0 Å². The third kappa shape index (κ3) is 3.60. The number of azide groups is 1. The Bertz CT molecular complexity index is 431. The lowest BCUT2D eigenvalue weighted by Crippen LogP contribution is -2.21. The van der Waals surface area contributed by atoms with Gasteiger partial charge in [0.15, 0.2) is 0 Å². The van der Waals surface area contributed by atoms with Crippen LogP contribution in [0.5, 0.6) is 0 Å². The predicted molar refractivity (Wildman–Crippen MR) is 63.0 cm³/mol. The molecule has 0 aliphatic carbocycles. The van der Waals surface area contributed by atoms with Crippen LogP contribution >= 0.6 is 0 Å². The molecular formula is C10H15N5O2. The zero-order chi connectivity index (χ0) is 12.8. The molecule has 0 radical (unpaired) electrons. The molecule has 0 fully saturated rings. The fraction of sp³-hybridized carbons (Fsp3) is 0.500. The summed E-state index contributed by atoms with van der Waals surface area (Å²) >= 11 is 0. The molecule has 0 saturated heterocycles. The Morgan fingerprint density at radius 3 is 2.88 bits per heavy atom. The number of aliphatic hydroxyl groups excluding tert-OH is 2. The smallest absolute Gasteiger partial charge is 0.122 e. The molecule has 1 heterocycles. The Hall–Kier alpha value is -1.82. The number of hydrogen-bond acceptors (Lipinski definition) is 5. The first-order chi connectivity index (χ1) is 8.06. The Labute approximate surface area is 98.5 Å². The van der Waals surface area contributed by atoms with Crippen LogP contribution in [0.25, 0.3) is 10.4 Å². The predicted octanol–water partition coefficient (Wildman–Crippen LogP) is 1.07. The topological polar surface area (TPSA) is 128 Å². The minimum atomic E-state index is -1.11. The van der Waals surface area contributed by atoms with Gasteiger partial charge in [0, 0.05) is 11.5 Å². The molecular weight excluding hydrogens is 222 g/mol. The molecule has 0 bridgehead atoms. The maximum absolute atomic E-state index is 9.87. The van der Waals surface area contributed by atoms with Gasteiger partial charge in [0.2, 0.25) is 0 Å². The number of aromatic nitrogens is 1. The molecule has 1 rings (SSSR count). The summed E-state index contributed by atoms with van der Waals surface area (Å²) in [6, 6.07) is 1.67. The third-order valence-electron chi connectivity index (χ3n) is 2.37. The number of nitrogens with zero attached hydrogens (tertiary/aromatic N) is 4. The Morgan fingerprint density at radius 1 is 1.59 bits per heavy atom. The number of nitrogens with two attached hydrogens (primary N) is 1. The second-order valence-corrected chi connectivity index (χ2v) is 3.73. The summed E-state index contributed by atoms with van der Waals surface area (Å²) in [6.45, 7) is 1.88. The first kappa shape index (κ1) is 13.2. The standard InChI is InChI=1S/C10H15N5O2/c1-6-4-7(11)5-13-9(6)10(17)8(16)2-3-14-15-12/h4-5,8,10,16-17H,2-3,11H2,1H3. The van der Waals surface area contributed by atoms with E-state index in [0.29, 0.717) is 16.9 Å². The van der Waals surface area contributed by atoms with Crippen molar-refractivity contribution in [2.24, 2.45) is 5.11 Å². The molecule has 0 aliphatic rings. The number of nitrogen functional groups attached to an aromatic ring is 1. The van der Waals surface area contributed by atoms with Crippen LogP contribution in [0.2, 0.25) is 0 Å². The van der Waals surface area contributed by atoms with Crippen molar-refractivity contribution in [2.75, 3.05) is 12.3 Å². The summed E-state index contributed by atoms with van der Waals surface area (Å²) in [5.41, 5.74) is 15.2. The van der Waals surface area contributed by atoms with Gasteiger partial charge in [0.25, 0.3) is 0 Å². The monoisotopic (exact) mass is 237 g/mol. The van der Waals surface area contributed by atoms with Crippen molar-refractivity contribution < 1.29 is 10.2 Å². The highest BCUT2D eigenvalue weighted by molar-refractivity contribution is 5.40. The van der Waals surface area contributed by atoms with Gasteiger partial charge in [-0.15, -0.1) is 0 Å². The molecule has 1 aromatic rings. The van der Waals surface area contributed by atoms with Crippen LogP contribution in [0.15, 0.2) is 17.4 Å². The van der Waals surface area contributed by atoms with Crippen molar-refractivity contribution in [3.8, 4) is 0 Å². The van der Waals surface area contributed by atoms with Crippen LogP contribution < -0.4 is 5.73 Å². The van der Waals surface area contributed by atoms with Gasteiger partial charge in [-0.25, -0.2) is 0 Å². The van der Waals surface area contributed by atoms with E-state index in [0.717, 1.165) is 0 Å². The van der Waals surface area contributed by atoms with E-state index in [2.05, 4.69) is 15.0 Å². The van der Waals surface area contributed by atoms with Gasteiger partial charge >= 0.3 is 0 Å². The molecule has 92 valence electrons. The summed E-state index contributed by atoms with van der Waals surface area (Å²) < 4.78 is 0. The number of pyridine rings is 1. The van der Waals surface area contributed by atoms with Crippen LogP contribution in [0.4, 0.5) is 5.69 Å². The lowest BCUT2D eigenvalue weighted by molar-refractivity contribution is 0.0121. The van der Waals surface area contributed by atoms with Crippen LogP contribution in [-0.2, 0) is 0 Å². The first-order valence-corrected chi connectivity index (χ1v) is 5.15. The number of hydrogen-bond donors (Lipinski definition) is 3. The quantitative estimate of drug-likeness (QED) is 0.402. The average Bonchev–Trinajstić information content (AvgIpc) is 2.28. The number of aryl methyl sites for hydroxylation is 1. The van der Waals surface area contributed by atoms with Gasteiger partial charge in [-0.1, -0.05) is 5.11 Å². The minimum Gasteiger partial charge on any atom is -0.397 e. The van der Waals surface area contributed by atoms with E-state index in [1.807, 2.05) is 0 Å². The van der Waals surface area contributed by atoms with Crippen LogP contribution in [-0.4, -0.2) is 27.8 Å². The zero-order valence-corrected chi connectivity index (χ0v) is 9.48. The Kier molecular flexibility index (Phi) is 4.71. The second kappa shape index (κ2) is 6.05. The maximum Gasteiger partial charge on any atom is 0.122 e. The molecule has 2 atom stereocenters. The van der Waals surface area contributed by atoms with E-state index in [-0.39, 0.29) is 13.0 Å². The molecule has 0 aliphatic heterocycles. The van der Waals surface area contributed by atoms with E-state index in [4.69, 9.17) is 11.3 Å². The van der Waals surface area contributed by atoms with E-state index in [1.165, 1.54) is 6.20 Å². The van der Waals surface area contributed by atoms with E-state index >= 15 is 0 Å². The first-order valence-electron chi connectivity index (χ1n) is 5.15. The number of aliphatic hydroxyl groups is 2. The van der Waals surface area contributed by atoms with Crippen LogP contribution in [0.1, 0.15) is 23.8 Å². The third-order valence-corrected chi connectivity index (χ3v) is 2.37. The van der Waals surface area contributed by atoms with Gasteiger partial charge in [-0.3, -0.25) is 4.98 Å². The van der Waals surface area contributed by atoms with Crippen LogP contribution in [0, 0.1) is 6.92 Å². The summed E-state index contributed by atoms with van der Waals surface area (Å²) in [6.07, 6.45) is -0.526. The van der Waals surface area contributed by atoms with Crippen molar-refractivity contribution in [1.82, 2.24) is 4.98 Å². The molecule has 0 aromatic carbocycles. The van der Waals surface area contributed by atoms with Crippen molar-refractivity contribution in [3.05, 3.63) is 34.0 Å². The van der Waals surface area contributed by atoms with Crippen molar-refractivity contribution in [2.45, 2.75) is 25.6 Å². The second-order valence-electron chi connectivity index (χ2n) is 3.73. The van der Waals surface area contributed by atoms with Crippen molar-refractivity contribution in [3.63, 3.8) is 0 Å². The van der Waals surface area contributed by atoms with Crippen molar-refractivity contribution in [1.29, 1.82) is 0 Å². The molecule has 0 amide bonds. The number of rotatable bonds is 5. The lowest BCUT2D eigenvalue weighted by atomic mass is 10.0. The molecule has 0 spiro atoms. The molecule has 1 aromatic heterocycles. The van der Waals surface area contributed by atoms with Crippen LogP contribution in [0.3, 0.4) is 0 Å². The van der Waals surface area contributed by atoms with E-state index in [9.17, 15) is 10.2 Å². The van der Waals surface area contributed by atoms with Gasteiger partial charge < -0.3 is 15.9 Å².